The van der Waals surface area contributed by atoms with Crippen LogP contribution in [-0.4, -0.2) is 14.8 Å². The van der Waals surface area contributed by atoms with Crippen molar-refractivity contribution < 1.29 is 0 Å². The summed E-state index contributed by atoms with van der Waals surface area (Å²) in [5.41, 5.74) is 17.4. The highest BCUT2D eigenvalue weighted by Crippen LogP contribution is 2.48. The second-order valence-electron chi connectivity index (χ2n) is 20.6. The molecule has 0 atom stereocenters. The van der Waals surface area contributed by atoms with Crippen LogP contribution in [0.3, 0.4) is 0 Å². The Labute approximate surface area is 397 Å². The van der Waals surface area contributed by atoms with E-state index in [2.05, 4.69) is 275 Å². The van der Waals surface area contributed by atoms with Crippen molar-refractivity contribution in [1.29, 1.82) is 0 Å². The number of nitrogens with zero attached hydrogens (tertiary/aromatic N) is 3. The van der Waals surface area contributed by atoms with Gasteiger partial charge < -0.3 is 14.7 Å². The monoisotopic (exact) mass is 879 g/mol. The maximum Gasteiger partial charge on any atom is 0.251 e. The molecule has 0 unspecified atom stereocenters. The molecular weight excluding hydrogens is 826 g/mol. The van der Waals surface area contributed by atoms with Gasteiger partial charge in [-0.15, -0.1) is 0 Å². The molecule has 3 aliphatic heterocycles. The quantitative estimate of drug-likeness (QED) is 0.148. The average molecular weight is 880 g/mol. The first-order valence-corrected chi connectivity index (χ1v) is 25.8. The second kappa shape index (κ2) is 15.4. The number of benzene rings is 9. The lowest BCUT2D eigenvalue weighted by atomic mass is 9.33. The van der Waals surface area contributed by atoms with Gasteiger partial charge in [-0.1, -0.05) is 187 Å². The van der Waals surface area contributed by atoms with E-state index in [0.717, 1.165) is 28.4 Å². The highest BCUT2D eigenvalue weighted by molar-refractivity contribution is 7.27. The lowest BCUT2D eigenvalue weighted by molar-refractivity contribution is 0.590. The lowest BCUT2D eigenvalue weighted by Crippen LogP contribution is -2.88. The molecule has 0 saturated carbocycles. The van der Waals surface area contributed by atoms with Crippen LogP contribution in [0.25, 0.3) is 0 Å². The zero-order chi connectivity index (χ0) is 45.7. The van der Waals surface area contributed by atoms with Crippen molar-refractivity contribution in [3.63, 3.8) is 0 Å². The topological polar surface area (TPSA) is 9.72 Å². The Morgan fingerprint density at radius 3 is 1.10 bits per heavy atom. The Morgan fingerprint density at radius 1 is 0.358 bits per heavy atom. The number of anilines is 9. The molecule has 0 saturated heterocycles. The van der Waals surface area contributed by atoms with Crippen molar-refractivity contribution in [2.75, 3.05) is 14.7 Å². The fraction of sp³-hybridized carbons (Fsp3) is 0.129. The molecule has 9 aromatic rings. The molecule has 0 aromatic heterocycles. The van der Waals surface area contributed by atoms with Crippen molar-refractivity contribution in [2.24, 2.45) is 0 Å². The summed E-state index contributed by atoms with van der Waals surface area (Å²) in [5.74, 6) is 0. The van der Waals surface area contributed by atoms with Crippen molar-refractivity contribution >= 4 is 103 Å². The summed E-state index contributed by atoms with van der Waals surface area (Å²) in [6.45, 7) is 13.8. The molecule has 5 heteroatoms. The van der Waals surface area contributed by atoms with Crippen molar-refractivity contribution in [1.82, 2.24) is 0 Å². The molecule has 0 spiro atoms. The van der Waals surface area contributed by atoms with E-state index < -0.39 is 8.07 Å². The van der Waals surface area contributed by atoms with E-state index in [1.165, 1.54) is 71.0 Å². The first-order chi connectivity index (χ1) is 32.5. The van der Waals surface area contributed by atoms with Gasteiger partial charge in [0.25, 0.3) is 6.71 Å². The fourth-order valence-electron chi connectivity index (χ4n) is 11.5. The maximum absolute atomic E-state index is 2.96. The van der Waals surface area contributed by atoms with Gasteiger partial charge in [0.15, 0.2) is 8.07 Å². The third-order valence-corrected chi connectivity index (χ3v) is 19.5. The van der Waals surface area contributed by atoms with Crippen molar-refractivity contribution in [3.8, 4) is 0 Å². The molecule has 0 N–H and O–H groups in total. The molecule has 324 valence electrons. The van der Waals surface area contributed by atoms with E-state index in [-0.39, 0.29) is 17.5 Å². The summed E-state index contributed by atoms with van der Waals surface area (Å²) < 4.78 is 0. The van der Waals surface area contributed by atoms with E-state index in [0.29, 0.717) is 0 Å². The lowest BCUT2D eigenvalue weighted by Gasteiger charge is -2.51. The van der Waals surface area contributed by atoms with Crippen LogP contribution in [0.1, 0.15) is 52.7 Å². The minimum Gasteiger partial charge on any atom is -0.311 e. The first-order valence-electron chi connectivity index (χ1n) is 23.8. The fourth-order valence-corrected chi connectivity index (χ4v) is 16.8. The minimum absolute atomic E-state index is 0.00148. The highest BCUT2D eigenvalue weighted by Gasteiger charge is 2.56. The summed E-state index contributed by atoms with van der Waals surface area (Å²) in [5, 5.41) is 5.73. The average Bonchev–Trinajstić information content (AvgIpc) is 3.35. The van der Waals surface area contributed by atoms with Crippen molar-refractivity contribution in [3.05, 3.63) is 230 Å². The summed E-state index contributed by atoms with van der Waals surface area (Å²) in [6.07, 6.45) is 0. The molecule has 0 radical (unpaired) electrons. The van der Waals surface area contributed by atoms with Crippen LogP contribution < -0.4 is 51.8 Å². The number of hydrogen-bond acceptors (Lipinski definition) is 3. The van der Waals surface area contributed by atoms with Gasteiger partial charge in [-0.2, -0.15) is 0 Å². The number of rotatable bonds is 7. The molecule has 9 aromatic carbocycles. The van der Waals surface area contributed by atoms with Crippen LogP contribution >= 0.6 is 0 Å². The standard InChI is InChI=1S/C62H54BN3Si/c1-61(2,3)43-33-37-47(38-34-43)65-52-29-19-31-56-59(52)63-58-54(65)41-49(64(45-21-11-7-12-22-45)46-23-13-8-14-24-46)42-55(58)66(48-39-35-44(36-40-48)62(4,5)6)53-30-20-32-57(60(53)63)67(56,50-25-15-9-16-26-50)51-27-17-10-18-28-51/h7-42H,1-6H3. The summed E-state index contributed by atoms with van der Waals surface area (Å²) in [4.78, 5) is 7.64. The van der Waals surface area contributed by atoms with Gasteiger partial charge in [0, 0.05) is 45.5 Å². The Morgan fingerprint density at radius 2 is 0.731 bits per heavy atom. The third kappa shape index (κ3) is 6.32. The van der Waals surface area contributed by atoms with Crippen LogP contribution in [0.2, 0.25) is 0 Å². The van der Waals surface area contributed by atoms with Gasteiger partial charge in [0.2, 0.25) is 0 Å². The molecule has 3 nitrogen and oxygen atoms in total. The number of para-hydroxylation sites is 2. The molecule has 0 aliphatic carbocycles. The van der Waals surface area contributed by atoms with Gasteiger partial charge >= 0.3 is 0 Å². The zero-order valence-corrected chi connectivity index (χ0v) is 40.2. The normalized spacial score (nSPS) is 14.1. The van der Waals surface area contributed by atoms with Gasteiger partial charge in [0.1, 0.15) is 0 Å². The third-order valence-electron chi connectivity index (χ3n) is 14.6. The largest absolute Gasteiger partial charge is 0.311 e. The van der Waals surface area contributed by atoms with Gasteiger partial charge in [0.05, 0.1) is 5.69 Å². The molecule has 0 amide bonds. The summed E-state index contributed by atoms with van der Waals surface area (Å²) >= 11 is 0. The van der Waals surface area contributed by atoms with E-state index in [1.807, 2.05) is 0 Å². The molecule has 3 aliphatic rings. The van der Waals surface area contributed by atoms with Crippen molar-refractivity contribution in [2.45, 2.75) is 52.4 Å². The van der Waals surface area contributed by atoms with Crippen LogP contribution in [0.5, 0.6) is 0 Å². The predicted octanol–water partition coefficient (Wildman–Crippen LogP) is 11.5. The van der Waals surface area contributed by atoms with E-state index in [1.54, 1.807) is 0 Å². The zero-order valence-electron chi connectivity index (χ0n) is 39.2. The number of hydrogen-bond donors (Lipinski definition) is 0. The molecule has 0 fully saturated rings. The van der Waals surface area contributed by atoms with Gasteiger partial charge in [-0.3, -0.25) is 0 Å². The molecule has 67 heavy (non-hydrogen) atoms. The Bertz CT molecular complexity index is 3090. The van der Waals surface area contributed by atoms with Crippen LogP contribution in [0, 0.1) is 0 Å². The minimum atomic E-state index is -2.96. The first kappa shape index (κ1) is 41.1. The van der Waals surface area contributed by atoms with Crippen LogP contribution in [-0.2, 0) is 10.8 Å². The second-order valence-corrected chi connectivity index (χ2v) is 24.3. The van der Waals surface area contributed by atoms with E-state index >= 15 is 0 Å². The Hall–Kier alpha value is -7.34. The smallest absolute Gasteiger partial charge is 0.251 e. The van der Waals surface area contributed by atoms with E-state index in [4.69, 9.17) is 0 Å². The highest BCUT2D eigenvalue weighted by atomic mass is 28.3. The van der Waals surface area contributed by atoms with Crippen LogP contribution in [0.4, 0.5) is 51.2 Å². The van der Waals surface area contributed by atoms with Crippen LogP contribution in [0.15, 0.2) is 218 Å². The van der Waals surface area contributed by atoms with Gasteiger partial charge in [-0.25, -0.2) is 0 Å². The molecule has 0 bridgehead atoms. The van der Waals surface area contributed by atoms with E-state index in [9.17, 15) is 0 Å². The Balaban J connectivity index is 1.25. The SMILES string of the molecule is CC(C)(C)c1ccc(N2c3cc(N(c4ccccc4)c4ccccc4)cc4c3B3c5c2cccc5[Si](c2ccccc2)(c2ccccc2)c2cccc(c23)N4c2ccc(C(C)(C)C)cc2)cc1. The molecular formula is C62H54BN3Si. The maximum atomic E-state index is 2.60. The summed E-state index contributed by atoms with van der Waals surface area (Å²) in [7, 11) is -2.96. The van der Waals surface area contributed by atoms with Gasteiger partial charge in [-0.05, 0) is 132 Å². The summed E-state index contributed by atoms with van der Waals surface area (Å²) in [6, 6.07) is 82.9. The molecule has 3 heterocycles. The predicted molar refractivity (Wildman–Crippen MR) is 290 cm³/mol. The Kier molecular flexibility index (Phi) is 9.43. The molecule has 12 rings (SSSR count).